The van der Waals surface area contributed by atoms with Crippen LogP contribution in [0.4, 0.5) is 0 Å². The first-order valence-corrected chi connectivity index (χ1v) is 3.65. The Kier molecular flexibility index (Phi) is 2.64. The van der Waals surface area contributed by atoms with E-state index in [1.165, 1.54) is 6.08 Å². The fraction of sp³-hybridized carbons (Fsp3) is 0.100. The third-order valence-electron chi connectivity index (χ3n) is 1.70. The van der Waals surface area contributed by atoms with E-state index in [4.69, 9.17) is 0 Å². The number of aromatic hydroxyl groups is 1. The number of hydrogen-bond donors (Lipinski definition) is 1. The summed E-state index contributed by atoms with van der Waals surface area (Å²) in [6.07, 6.45) is 2.25. The van der Waals surface area contributed by atoms with Gasteiger partial charge in [0.05, 0.1) is 5.92 Å². The molecule has 1 aromatic rings. The van der Waals surface area contributed by atoms with Gasteiger partial charge in [-0.05, 0) is 6.07 Å². The predicted molar refractivity (Wildman–Crippen MR) is 47.1 cm³/mol. The van der Waals surface area contributed by atoms with Crippen LogP contribution in [0.1, 0.15) is 11.5 Å². The molecule has 1 N–H and O–H groups in total. The molecule has 2 heteroatoms. The van der Waals surface area contributed by atoms with E-state index in [-0.39, 0.29) is 5.75 Å². The van der Waals surface area contributed by atoms with Gasteiger partial charge in [0.1, 0.15) is 12.0 Å². The highest BCUT2D eigenvalue weighted by Crippen LogP contribution is 2.24. The highest BCUT2D eigenvalue weighted by Gasteiger charge is 2.08. The van der Waals surface area contributed by atoms with Gasteiger partial charge in [-0.3, -0.25) is 0 Å². The zero-order valence-electron chi connectivity index (χ0n) is 6.60. The van der Waals surface area contributed by atoms with Gasteiger partial charge in [-0.25, -0.2) is 0 Å². The summed E-state index contributed by atoms with van der Waals surface area (Å²) >= 11 is 0. The van der Waals surface area contributed by atoms with E-state index < -0.39 is 5.92 Å². The number of para-hydroxylation sites is 1. The molecular weight excluding hydrogens is 152 g/mol. The molecule has 0 aliphatic heterocycles. The maximum Gasteiger partial charge on any atom is 0.131 e. The van der Waals surface area contributed by atoms with Gasteiger partial charge >= 0.3 is 0 Å². The van der Waals surface area contributed by atoms with E-state index >= 15 is 0 Å². The van der Waals surface area contributed by atoms with Crippen LogP contribution in [0.15, 0.2) is 36.9 Å². The van der Waals surface area contributed by atoms with E-state index in [0.717, 1.165) is 6.29 Å². The minimum atomic E-state index is -0.411. The summed E-state index contributed by atoms with van der Waals surface area (Å²) in [5, 5.41) is 9.34. The smallest absolute Gasteiger partial charge is 0.131 e. The number of benzene rings is 1. The van der Waals surface area contributed by atoms with Gasteiger partial charge in [0, 0.05) is 5.56 Å². The molecule has 0 radical (unpaired) electrons. The molecule has 62 valence electrons. The Morgan fingerprint density at radius 3 is 2.58 bits per heavy atom. The van der Waals surface area contributed by atoms with Crippen LogP contribution < -0.4 is 0 Å². The van der Waals surface area contributed by atoms with Crippen molar-refractivity contribution in [1.82, 2.24) is 0 Å². The number of rotatable bonds is 3. The second kappa shape index (κ2) is 3.72. The van der Waals surface area contributed by atoms with Crippen molar-refractivity contribution in [3.63, 3.8) is 0 Å². The molecular formula is C10H10O2. The summed E-state index contributed by atoms with van der Waals surface area (Å²) in [5.41, 5.74) is 0.600. The molecule has 0 aliphatic carbocycles. The molecule has 0 saturated carbocycles. The zero-order valence-corrected chi connectivity index (χ0v) is 6.60. The lowest BCUT2D eigenvalue weighted by molar-refractivity contribution is -0.108. The average Bonchev–Trinajstić information content (AvgIpc) is 2.10. The van der Waals surface area contributed by atoms with Gasteiger partial charge in [0.2, 0.25) is 0 Å². The molecule has 0 amide bonds. The molecule has 0 fully saturated rings. The van der Waals surface area contributed by atoms with Gasteiger partial charge in [0.15, 0.2) is 0 Å². The molecule has 0 heterocycles. The van der Waals surface area contributed by atoms with Gasteiger partial charge in [-0.15, -0.1) is 6.58 Å². The van der Waals surface area contributed by atoms with Crippen LogP contribution in [0, 0.1) is 0 Å². The van der Waals surface area contributed by atoms with Gasteiger partial charge in [-0.2, -0.15) is 0 Å². The summed E-state index contributed by atoms with van der Waals surface area (Å²) in [5.74, 6) is -0.277. The number of phenolic OH excluding ortho intramolecular Hbond substituents is 1. The number of hydrogen-bond acceptors (Lipinski definition) is 2. The van der Waals surface area contributed by atoms with Crippen LogP contribution in [-0.4, -0.2) is 11.4 Å². The quantitative estimate of drug-likeness (QED) is 0.544. The first-order valence-electron chi connectivity index (χ1n) is 3.65. The molecule has 2 nitrogen and oxygen atoms in total. The standard InChI is InChI=1S/C10H10O2/c1-2-8(7-11)9-5-3-4-6-10(9)12/h2-8,12H,1H2. The van der Waals surface area contributed by atoms with E-state index in [0.29, 0.717) is 5.56 Å². The van der Waals surface area contributed by atoms with Crippen LogP contribution >= 0.6 is 0 Å². The van der Waals surface area contributed by atoms with Crippen LogP contribution in [0.25, 0.3) is 0 Å². The molecule has 1 aromatic carbocycles. The van der Waals surface area contributed by atoms with Crippen molar-refractivity contribution in [3.8, 4) is 5.75 Å². The first-order chi connectivity index (χ1) is 5.79. The second-order valence-corrected chi connectivity index (χ2v) is 2.46. The van der Waals surface area contributed by atoms with Crippen LogP contribution in [-0.2, 0) is 4.79 Å². The Morgan fingerprint density at radius 2 is 2.08 bits per heavy atom. The van der Waals surface area contributed by atoms with Crippen molar-refractivity contribution >= 4 is 6.29 Å². The zero-order chi connectivity index (χ0) is 8.97. The van der Waals surface area contributed by atoms with Crippen molar-refractivity contribution in [2.75, 3.05) is 0 Å². The fourth-order valence-corrected chi connectivity index (χ4v) is 1.03. The van der Waals surface area contributed by atoms with Crippen molar-refractivity contribution in [2.45, 2.75) is 5.92 Å². The Balaban J connectivity index is 3.08. The molecule has 0 aliphatic rings. The minimum absolute atomic E-state index is 0.134. The SMILES string of the molecule is C=CC(C=O)c1ccccc1O. The maximum atomic E-state index is 10.5. The number of allylic oxidation sites excluding steroid dienone is 1. The summed E-state index contributed by atoms with van der Waals surface area (Å²) in [4.78, 5) is 10.5. The van der Waals surface area contributed by atoms with Gasteiger partial charge in [0.25, 0.3) is 0 Å². The van der Waals surface area contributed by atoms with E-state index in [9.17, 15) is 9.90 Å². The lowest BCUT2D eigenvalue weighted by Gasteiger charge is -2.06. The van der Waals surface area contributed by atoms with Gasteiger partial charge < -0.3 is 9.90 Å². The third-order valence-corrected chi connectivity index (χ3v) is 1.70. The second-order valence-electron chi connectivity index (χ2n) is 2.46. The molecule has 1 unspecified atom stereocenters. The first kappa shape index (κ1) is 8.53. The predicted octanol–water partition coefficient (Wildman–Crippen LogP) is 1.86. The molecule has 1 rings (SSSR count). The lowest BCUT2D eigenvalue weighted by Crippen LogP contribution is -1.95. The molecule has 1 atom stereocenters. The molecule has 0 saturated heterocycles. The normalized spacial score (nSPS) is 12.0. The van der Waals surface area contributed by atoms with Crippen LogP contribution in [0.5, 0.6) is 5.75 Å². The summed E-state index contributed by atoms with van der Waals surface area (Å²) in [6.45, 7) is 3.51. The summed E-state index contributed by atoms with van der Waals surface area (Å²) in [6, 6.07) is 6.74. The Morgan fingerprint density at radius 1 is 1.42 bits per heavy atom. The van der Waals surface area contributed by atoms with Crippen molar-refractivity contribution < 1.29 is 9.90 Å². The number of phenols is 1. The number of carbonyl (C=O) groups is 1. The molecule has 0 spiro atoms. The Labute approximate surface area is 71.2 Å². The Hall–Kier alpha value is -1.57. The van der Waals surface area contributed by atoms with E-state index in [1.807, 2.05) is 0 Å². The summed E-state index contributed by atoms with van der Waals surface area (Å²) in [7, 11) is 0. The topological polar surface area (TPSA) is 37.3 Å². The highest BCUT2D eigenvalue weighted by atomic mass is 16.3. The van der Waals surface area contributed by atoms with Gasteiger partial charge in [-0.1, -0.05) is 24.3 Å². The van der Waals surface area contributed by atoms with Crippen molar-refractivity contribution in [1.29, 1.82) is 0 Å². The fourth-order valence-electron chi connectivity index (χ4n) is 1.03. The number of aldehydes is 1. The van der Waals surface area contributed by atoms with Crippen molar-refractivity contribution in [2.24, 2.45) is 0 Å². The molecule has 0 bridgehead atoms. The molecule has 0 aromatic heterocycles. The highest BCUT2D eigenvalue weighted by molar-refractivity contribution is 5.67. The van der Waals surface area contributed by atoms with Crippen LogP contribution in [0.2, 0.25) is 0 Å². The van der Waals surface area contributed by atoms with E-state index in [2.05, 4.69) is 6.58 Å². The third kappa shape index (κ3) is 1.53. The summed E-state index contributed by atoms with van der Waals surface area (Å²) < 4.78 is 0. The Bertz CT molecular complexity index is 284. The largest absolute Gasteiger partial charge is 0.508 e. The minimum Gasteiger partial charge on any atom is -0.508 e. The lowest BCUT2D eigenvalue weighted by atomic mass is 10.0. The van der Waals surface area contributed by atoms with Crippen molar-refractivity contribution in [3.05, 3.63) is 42.5 Å². The van der Waals surface area contributed by atoms with Crippen LogP contribution in [0.3, 0.4) is 0 Å². The van der Waals surface area contributed by atoms with E-state index in [1.54, 1.807) is 24.3 Å². The maximum absolute atomic E-state index is 10.5. The molecule has 12 heavy (non-hydrogen) atoms. The monoisotopic (exact) mass is 162 g/mol. The number of carbonyl (C=O) groups excluding carboxylic acids is 1. The average molecular weight is 162 g/mol.